The fraction of sp³-hybridized carbons (Fsp3) is 0.292. The second kappa shape index (κ2) is 10.3. The van der Waals surface area contributed by atoms with Gasteiger partial charge in [0.25, 0.3) is 5.91 Å². The van der Waals surface area contributed by atoms with Crippen LogP contribution in [-0.2, 0) is 14.4 Å². The minimum atomic E-state index is -1.09. The maximum absolute atomic E-state index is 13.6. The Bertz CT molecular complexity index is 1100. The Morgan fingerprint density at radius 2 is 1.74 bits per heavy atom. The molecular formula is C24H28N5O5+. The first-order chi connectivity index (χ1) is 16.2. The number of piperazine rings is 1. The van der Waals surface area contributed by atoms with Crippen LogP contribution in [0.3, 0.4) is 0 Å². The number of amides is 3. The van der Waals surface area contributed by atoms with Crippen molar-refractivity contribution >= 4 is 35.2 Å². The number of nitrogens with zero attached hydrogens (tertiary/aromatic N) is 2. The van der Waals surface area contributed by atoms with Crippen molar-refractivity contribution in [3.8, 4) is 0 Å². The van der Waals surface area contributed by atoms with E-state index >= 15 is 0 Å². The molecule has 0 radical (unpaired) electrons. The van der Waals surface area contributed by atoms with Crippen LogP contribution in [-0.4, -0.2) is 65.3 Å². The molecule has 2 aromatic carbocycles. The quantitative estimate of drug-likeness (QED) is 0.189. The lowest BCUT2D eigenvalue weighted by atomic mass is 10.1. The van der Waals surface area contributed by atoms with Gasteiger partial charge in [-0.3, -0.25) is 19.8 Å². The van der Waals surface area contributed by atoms with Crippen LogP contribution >= 0.6 is 0 Å². The van der Waals surface area contributed by atoms with Gasteiger partial charge in [-0.05, 0) is 30.7 Å². The van der Waals surface area contributed by atoms with E-state index in [1.807, 2.05) is 6.92 Å². The van der Waals surface area contributed by atoms with Crippen LogP contribution < -0.4 is 15.5 Å². The molecular weight excluding hydrogens is 438 g/mol. The minimum Gasteiger partial charge on any atom is -0.481 e. The zero-order valence-corrected chi connectivity index (χ0v) is 18.9. The van der Waals surface area contributed by atoms with Crippen LogP contribution in [0.5, 0.6) is 0 Å². The summed E-state index contributed by atoms with van der Waals surface area (Å²) >= 11 is 0. The van der Waals surface area contributed by atoms with Crippen molar-refractivity contribution in [2.45, 2.75) is 25.9 Å². The lowest BCUT2D eigenvalue weighted by molar-refractivity contribution is -0.159. The number of carboxylic acid groups (broad SMARTS) is 1. The van der Waals surface area contributed by atoms with Crippen LogP contribution in [0.1, 0.15) is 35.7 Å². The zero-order valence-electron chi connectivity index (χ0n) is 18.9. The predicted molar refractivity (Wildman–Crippen MR) is 126 cm³/mol. The van der Waals surface area contributed by atoms with Crippen LogP contribution in [0.2, 0.25) is 0 Å². The van der Waals surface area contributed by atoms with Gasteiger partial charge in [-0.25, -0.2) is 4.79 Å². The molecule has 1 aliphatic rings. The van der Waals surface area contributed by atoms with Gasteiger partial charge >= 0.3 is 17.8 Å². The van der Waals surface area contributed by atoms with E-state index < -0.39 is 34.3 Å². The van der Waals surface area contributed by atoms with Gasteiger partial charge in [0, 0.05) is 17.7 Å². The smallest absolute Gasteiger partial charge is 0.410 e. The molecule has 2 atom stereocenters. The zero-order chi connectivity index (χ0) is 24.9. The summed E-state index contributed by atoms with van der Waals surface area (Å²) in [7, 11) is 0. The van der Waals surface area contributed by atoms with Gasteiger partial charge in [0.15, 0.2) is 6.17 Å². The molecule has 2 unspecified atom stereocenters. The van der Waals surface area contributed by atoms with E-state index in [2.05, 4.69) is 5.32 Å². The normalized spacial score (nSPS) is 20.1. The summed E-state index contributed by atoms with van der Waals surface area (Å²) in [6, 6.07) is 15.0. The van der Waals surface area contributed by atoms with Gasteiger partial charge in [0.1, 0.15) is 11.5 Å². The third-order valence-electron chi connectivity index (χ3n) is 5.90. The maximum atomic E-state index is 13.6. The van der Waals surface area contributed by atoms with Crippen molar-refractivity contribution in [1.29, 1.82) is 5.41 Å². The topological polar surface area (TPSA) is 154 Å². The van der Waals surface area contributed by atoms with E-state index in [0.717, 1.165) is 0 Å². The summed E-state index contributed by atoms with van der Waals surface area (Å²) < 4.78 is -0.392. The summed E-state index contributed by atoms with van der Waals surface area (Å²) in [6.07, 6.45) is -0.588. The fourth-order valence-electron chi connectivity index (χ4n) is 4.22. The highest BCUT2D eigenvalue weighted by molar-refractivity contribution is 6.39. The van der Waals surface area contributed by atoms with E-state index in [9.17, 15) is 19.2 Å². The largest absolute Gasteiger partial charge is 0.481 e. The second-order valence-electron chi connectivity index (χ2n) is 8.11. The number of hydrogen-bond acceptors (Lipinski definition) is 5. The fourth-order valence-corrected chi connectivity index (χ4v) is 4.22. The Kier molecular flexibility index (Phi) is 7.42. The number of nitrogens with two attached hydrogens (primary N) is 1. The first-order valence-corrected chi connectivity index (χ1v) is 10.9. The monoisotopic (exact) mass is 466 g/mol. The van der Waals surface area contributed by atoms with E-state index in [-0.39, 0.29) is 31.9 Å². The Morgan fingerprint density at radius 3 is 2.29 bits per heavy atom. The molecule has 10 heteroatoms. The summed E-state index contributed by atoms with van der Waals surface area (Å²) in [4.78, 5) is 52.0. The van der Waals surface area contributed by atoms with E-state index in [1.54, 1.807) is 42.5 Å². The van der Waals surface area contributed by atoms with E-state index in [4.69, 9.17) is 16.2 Å². The number of nitrogens with one attached hydrogen (secondary N) is 2. The Morgan fingerprint density at radius 1 is 1.12 bits per heavy atom. The number of hydrogen-bond donors (Lipinski definition) is 4. The third kappa shape index (κ3) is 4.81. The van der Waals surface area contributed by atoms with Gasteiger partial charge < -0.3 is 21.1 Å². The average molecular weight is 467 g/mol. The number of aliphatic carboxylic acids is 1. The highest BCUT2D eigenvalue weighted by Gasteiger charge is 2.55. The molecule has 34 heavy (non-hydrogen) atoms. The summed E-state index contributed by atoms with van der Waals surface area (Å²) in [5.41, 5.74) is 6.81. The van der Waals surface area contributed by atoms with E-state index in [0.29, 0.717) is 23.2 Å². The molecule has 2 aromatic rings. The molecule has 3 rings (SSSR count). The van der Waals surface area contributed by atoms with Crippen molar-refractivity contribution in [3.05, 3.63) is 65.7 Å². The number of amidine groups is 1. The summed E-state index contributed by atoms with van der Waals surface area (Å²) in [5, 5.41) is 19.5. The molecule has 1 heterocycles. The number of para-hydroxylation sites is 1. The minimum absolute atomic E-state index is 0.0238. The first kappa shape index (κ1) is 24.6. The third-order valence-corrected chi connectivity index (χ3v) is 5.90. The van der Waals surface area contributed by atoms with Crippen LogP contribution in [0.15, 0.2) is 54.6 Å². The molecule has 5 N–H and O–H groups in total. The van der Waals surface area contributed by atoms with Gasteiger partial charge in [0.2, 0.25) is 0 Å². The van der Waals surface area contributed by atoms with E-state index in [1.165, 1.54) is 17.0 Å². The molecule has 0 spiro atoms. The van der Waals surface area contributed by atoms with Crippen molar-refractivity contribution in [2.75, 3.05) is 19.6 Å². The average Bonchev–Trinajstić information content (AvgIpc) is 2.83. The Hall–Kier alpha value is -4.05. The van der Waals surface area contributed by atoms with Crippen molar-refractivity contribution in [3.63, 3.8) is 0 Å². The Balaban J connectivity index is 2.02. The number of quaternary nitrogens is 1. The second-order valence-corrected chi connectivity index (χ2v) is 8.11. The Labute approximate surface area is 197 Å². The molecule has 1 aliphatic heterocycles. The number of carbonyl (C=O) groups excluding carboxylic acids is 3. The van der Waals surface area contributed by atoms with Crippen LogP contribution in [0, 0.1) is 5.41 Å². The lowest BCUT2D eigenvalue weighted by Crippen LogP contribution is -2.76. The molecule has 0 aliphatic carbocycles. The van der Waals surface area contributed by atoms with Crippen molar-refractivity contribution in [2.24, 2.45) is 5.73 Å². The van der Waals surface area contributed by atoms with Gasteiger partial charge in [-0.1, -0.05) is 37.3 Å². The highest BCUT2D eigenvalue weighted by atomic mass is 16.4. The number of carboxylic acids is 1. The number of rotatable bonds is 9. The lowest BCUT2D eigenvalue weighted by Gasteiger charge is -2.46. The van der Waals surface area contributed by atoms with Gasteiger partial charge in [-0.2, -0.15) is 4.48 Å². The molecule has 0 aromatic heterocycles. The van der Waals surface area contributed by atoms with Crippen molar-refractivity contribution < 1.29 is 24.3 Å². The summed E-state index contributed by atoms with van der Waals surface area (Å²) in [6.45, 7) is 2.00. The first-order valence-electron chi connectivity index (χ1n) is 10.9. The molecule has 0 bridgehead atoms. The van der Waals surface area contributed by atoms with Gasteiger partial charge in [0.05, 0.1) is 19.5 Å². The predicted octanol–water partition coefficient (Wildman–Crippen LogP) is 1.29. The molecule has 10 nitrogen and oxygen atoms in total. The molecule has 0 saturated carbocycles. The highest BCUT2D eigenvalue weighted by Crippen LogP contribution is 2.31. The molecule has 3 amide bonds. The van der Waals surface area contributed by atoms with Crippen LogP contribution in [0.4, 0.5) is 5.69 Å². The number of benzene rings is 2. The molecule has 1 saturated heterocycles. The van der Waals surface area contributed by atoms with Gasteiger partial charge in [-0.15, -0.1) is 0 Å². The number of carbonyl (C=O) groups is 4. The standard InChI is InChI=1S/C24H27N5O5/c1-2-14-29(18-6-4-3-5-7-18)19(15-28(13-12-20(30)31)23(33)24(29)34)27-22(32)17-10-8-16(9-11-17)21(25)26/h3-11,19H,2,12-15H2,1H3,(H4-,25,26,27,30,31,32)/p+1. The van der Waals surface area contributed by atoms with Crippen molar-refractivity contribution in [1.82, 2.24) is 14.7 Å². The van der Waals surface area contributed by atoms with Crippen LogP contribution in [0.25, 0.3) is 0 Å². The maximum Gasteiger partial charge on any atom is 0.410 e. The SMILES string of the molecule is CCC[N+]1(c2ccccc2)C(=O)C(=O)N(CCC(=O)O)CC1NC(=O)c1ccc(C(=N)N)cc1. The molecule has 1 fully saturated rings. The number of nitrogen functional groups attached to an aromatic ring is 1. The summed E-state index contributed by atoms with van der Waals surface area (Å²) in [5.74, 6) is -3.17. The molecule has 178 valence electrons.